The van der Waals surface area contributed by atoms with Crippen LogP contribution in [0, 0.1) is 6.92 Å². The molecule has 4 heteroatoms. The first-order valence-corrected chi connectivity index (χ1v) is 6.30. The fourth-order valence-corrected chi connectivity index (χ4v) is 1.91. The summed E-state index contributed by atoms with van der Waals surface area (Å²) in [5, 5.41) is 2.91. The van der Waals surface area contributed by atoms with Crippen molar-refractivity contribution in [3.63, 3.8) is 0 Å². The van der Waals surface area contributed by atoms with Crippen molar-refractivity contribution in [2.75, 3.05) is 19.8 Å². The first-order chi connectivity index (χ1) is 8.74. The molecule has 1 N–H and O–H groups in total. The molecular formula is C14H19NO3. The van der Waals surface area contributed by atoms with Crippen LogP contribution in [-0.2, 0) is 9.53 Å². The average Bonchev–Trinajstić information content (AvgIpc) is 2.39. The Labute approximate surface area is 107 Å². The molecule has 0 unspecified atom stereocenters. The summed E-state index contributed by atoms with van der Waals surface area (Å²) < 4.78 is 10.7. The van der Waals surface area contributed by atoms with Crippen LogP contribution < -0.4 is 10.1 Å². The van der Waals surface area contributed by atoms with E-state index in [0.717, 1.165) is 25.2 Å². The van der Waals surface area contributed by atoms with E-state index in [1.54, 1.807) is 0 Å². The van der Waals surface area contributed by atoms with Gasteiger partial charge in [-0.2, -0.15) is 0 Å². The van der Waals surface area contributed by atoms with Crippen molar-refractivity contribution in [3.8, 4) is 5.75 Å². The fraction of sp³-hybridized carbons (Fsp3) is 0.500. The number of nitrogens with one attached hydrogen (secondary N) is 1. The summed E-state index contributed by atoms with van der Waals surface area (Å²) in [6.45, 7) is 3.47. The second-order valence-corrected chi connectivity index (χ2v) is 4.58. The molecule has 1 aliphatic rings. The van der Waals surface area contributed by atoms with E-state index < -0.39 is 0 Å². The quantitative estimate of drug-likeness (QED) is 0.883. The summed E-state index contributed by atoms with van der Waals surface area (Å²) in [7, 11) is 0. The van der Waals surface area contributed by atoms with Gasteiger partial charge in [-0.3, -0.25) is 4.79 Å². The molecule has 0 spiro atoms. The molecule has 1 amide bonds. The minimum absolute atomic E-state index is 0.0551. The highest BCUT2D eigenvalue weighted by molar-refractivity contribution is 5.77. The van der Waals surface area contributed by atoms with Crippen LogP contribution in [0.3, 0.4) is 0 Å². The van der Waals surface area contributed by atoms with Gasteiger partial charge in [-0.15, -0.1) is 0 Å². The minimum Gasteiger partial charge on any atom is -0.484 e. The van der Waals surface area contributed by atoms with Gasteiger partial charge in [-0.25, -0.2) is 0 Å². The largest absolute Gasteiger partial charge is 0.484 e. The normalized spacial score (nSPS) is 19.3. The van der Waals surface area contributed by atoms with Crippen molar-refractivity contribution in [2.45, 2.75) is 25.8 Å². The number of ether oxygens (including phenoxy) is 2. The van der Waals surface area contributed by atoms with Gasteiger partial charge >= 0.3 is 0 Å². The predicted molar refractivity (Wildman–Crippen MR) is 68.7 cm³/mol. The molecule has 1 fully saturated rings. The van der Waals surface area contributed by atoms with Crippen molar-refractivity contribution < 1.29 is 14.3 Å². The molecule has 0 aromatic heterocycles. The number of carbonyl (C=O) groups is 1. The highest BCUT2D eigenvalue weighted by atomic mass is 16.5. The molecule has 1 saturated heterocycles. The zero-order valence-corrected chi connectivity index (χ0v) is 10.6. The summed E-state index contributed by atoms with van der Waals surface area (Å²) in [5.74, 6) is 0.627. The SMILES string of the molecule is Cc1ccc(OCC(=O)N[C@@H]2CCCOC2)cc1. The van der Waals surface area contributed by atoms with E-state index in [1.165, 1.54) is 5.56 Å². The first-order valence-electron chi connectivity index (χ1n) is 6.30. The molecular weight excluding hydrogens is 230 g/mol. The molecule has 1 aromatic carbocycles. The summed E-state index contributed by atoms with van der Waals surface area (Å²) in [6.07, 6.45) is 1.99. The number of hydrogen-bond donors (Lipinski definition) is 1. The van der Waals surface area contributed by atoms with E-state index in [9.17, 15) is 4.79 Å². The average molecular weight is 249 g/mol. The zero-order valence-electron chi connectivity index (χ0n) is 10.6. The van der Waals surface area contributed by atoms with Gasteiger partial charge in [0.05, 0.1) is 12.6 Å². The van der Waals surface area contributed by atoms with Gasteiger partial charge in [0.25, 0.3) is 5.91 Å². The van der Waals surface area contributed by atoms with Gasteiger partial charge in [0, 0.05) is 6.61 Å². The molecule has 0 radical (unpaired) electrons. The van der Waals surface area contributed by atoms with Crippen LogP contribution in [0.1, 0.15) is 18.4 Å². The summed E-state index contributed by atoms with van der Waals surface area (Å²) >= 11 is 0. The number of rotatable bonds is 4. The maximum Gasteiger partial charge on any atom is 0.258 e. The lowest BCUT2D eigenvalue weighted by Gasteiger charge is -2.23. The van der Waals surface area contributed by atoms with Crippen LogP contribution >= 0.6 is 0 Å². The van der Waals surface area contributed by atoms with Crippen LogP contribution in [0.5, 0.6) is 5.75 Å². The second kappa shape index (κ2) is 6.40. The van der Waals surface area contributed by atoms with Crippen molar-refractivity contribution >= 4 is 5.91 Å². The Balaban J connectivity index is 1.72. The van der Waals surface area contributed by atoms with E-state index in [1.807, 2.05) is 31.2 Å². The lowest BCUT2D eigenvalue weighted by Crippen LogP contribution is -2.42. The van der Waals surface area contributed by atoms with Crippen LogP contribution in [0.25, 0.3) is 0 Å². The Morgan fingerprint density at radius 2 is 2.22 bits per heavy atom. The molecule has 1 aromatic rings. The van der Waals surface area contributed by atoms with Crippen molar-refractivity contribution in [2.24, 2.45) is 0 Å². The van der Waals surface area contributed by atoms with Crippen molar-refractivity contribution in [3.05, 3.63) is 29.8 Å². The maximum absolute atomic E-state index is 11.7. The molecule has 2 rings (SSSR count). The highest BCUT2D eigenvalue weighted by Gasteiger charge is 2.16. The van der Waals surface area contributed by atoms with Gasteiger partial charge < -0.3 is 14.8 Å². The number of amides is 1. The number of benzene rings is 1. The molecule has 1 atom stereocenters. The number of aryl methyl sites for hydroxylation is 1. The molecule has 4 nitrogen and oxygen atoms in total. The van der Waals surface area contributed by atoms with Crippen LogP contribution in [0.2, 0.25) is 0 Å². The van der Waals surface area contributed by atoms with Crippen molar-refractivity contribution in [1.29, 1.82) is 0 Å². The van der Waals surface area contributed by atoms with E-state index in [-0.39, 0.29) is 18.6 Å². The standard InChI is InChI=1S/C14H19NO3/c1-11-4-6-13(7-5-11)18-10-14(16)15-12-3-2-8-17-9-12/h4-7,12H,2-3,8-10H2,1H3,(H,15,16)/t12-/m1/s1. The van der Waals surface area contributed by atoms with Gasteiger partial charge in [0.1, 0.15) is 5.75 Å². The fourth-order valence-electron chi connectivity index (χ4n) is 1.91. The number of hydrogen-bond acceptors (Lipinski definition) is 3. The molecule has 98 valence electrons. The third kappa shape index (κ3) is 4.04. The minimum atomic E-state index is -0.0916. The summed E-state index contributed by atoms with van der Waals surface area (Å²) in [5.41, 5.74) is 1.17. The van der Waals surface area contributed by atoms with Crippen LogP contribution in [-0.4, -0.2) is 31.8 Å². The Morgan fingerprint density at radius 1 is 1.44 bits per heavy atom. The smallest absolute Gasteiger partial charge is 0.258 e. The summed E-state index contributed by atoms with van der Waals surface area (Å²) in [6, 6.07) is 7.79. The predicted octanol–water partition coefficient (Wildman–Crippen LogP) is 1.67. The topological polar surface area (TPSA) is 47.6 Å². The Morgan fingerprint density at radius 3 is 2.89 bits per heavy atom. The van der Waals surface area contributed by atoms with E-state index in [2.05, 4.69) is 5.32 Å². The lowest BCUT2D eigenvalue weighted by atomic mass is 10.1. The van der Waals surface area contributed by atoms with Gasteiger partial charge in [-0.05, 0) is 31.9 Å². The summed E-state index contributed by atoms with van der Waals surface area (Å²) in [4.78, 5) is 11.7. The number of carbonyl (C=O) groups excluding carboxylic acids is 1. The molecule has 0 bridgehead atoms. The lowest BCUT2D eigenvalue weighted by molar-refractivity contribution is -0.124. The molecule has 0 aliphatic carbocycles. The third-order valence-corrected chi connectivity index (χ3v) is 2.92. The van der Waals surface area contributed by atoms with E-state index in [0.29, 0.717) is 6.61 Å². The van der Waals surface area contributed by atoms with E-state index in [4.69, 9.17) is 9.47 Å². The monoisotopic (exact) mass is 249 g/mol. The molecule has 18 heavy (non-hydrogen) atoms. The zero-order chi connectivity index (χ0) is 12.8. The molecule has 1 heterocycles. The van der Waals surface area contributed by atoms with E-state index >= 15 is 0 Å². The Hall–Kier alpha value is -1.55. The Kier molecular flexibility index (Phi) is 4.59. The van der Waals surface area contributed by atoms with Gasteiger partial charge in [0.15, 0.2) is 6.61 Å². The van der Waals surface area contributed by atoms with Crippen molar-refractivity contribution in [1.82, 2.24) is 5.32 Å². The molecule has 1 aliphatic heterocycles. The van der Waals surface area contributed by atoms with Crippen LogP contribution in [0.4, 0.5) is 0 Å². The maximum atomic E-state index is 11.7. The van der Waals surface area contributed by atoms with Gasteiger partial charge in [-0.1, -0.05) is 17.7 Å². The van der Waals surface area contributed by atoms with Gasteiger partial charge in [0.2, 0.25) is 0 Å². The molecule has 0 saturated carbocycles. The third-order valence-electron chi connectivity index (χ3n) is 2.92. The van der Waals surface area contributed by atoms with Crippen LogP contribution in [0.15, 0.2) is 24.3 Å². The first kappa shape index (κ1) is 12.9. The second-order valence-electron chi connectivity index (χ2n) is 4.58. The Bertz CT molecular complexity index is 383. The highest BCUT2D eigenvalue weighted by Crippen LogP contribution is 2.11.